The average Bonchev–Trinajstić information content (AvgIpc) is 2.76. The maximum absolute atomic E-state index is 13.0. The second-order valence-electron chi connectivity index (χ2n) is 8.41. The Bertz CT molecular complexity index is 860. The van der Waals surface area contributed by atoms with E-state index in [-0.39, 0.29) is 37.1 Å². The number of halogens is 1. The highest BCUT2D eigenvalue weighted by Gasteiger charge is 2.42. The molecule has 1 aromatic rings. The van der Waals surface area contributed by atoms with Gasteiger partial charge in [0.15, 0.2) is 0 Å². The number of hydrogen-bond donors (Lipinski definition) is 2. The second-order valence-corrected chi connectivity index (χ2v) is 8.84. The van der Waals surface area contributed by atoms with Crippen LogP contribution in [0.3, 0.4) is 0 Å². The molecule has 2 N–H and O–H groups in total. The Balaban J connectivity index is 1.91. The highest BCUT2D eigenvalue weighted by Crippen LogP contribution is 2.32. The van der Waals surface area contributed by atoms with Crippen molar-refractivity contribution in [2.45, 2.75) is 50.6 Å². The van der Waals surface area contributed by atoms with Crippen LogP contribution in [-0.2, 0) is 25.6 Å². The van der Waals surface area contributed by atoms with Crippen molar-refractivity contribution in [3.8, 4) is 0 Å². The van der Waals surface area contributed by atoms with Crippen LogP contribution >= 0.6 is 11.6 Å². The predicted molar refractivity (Wildman–Crippen MR) is 116 cm³/mol. The molecule has 0 spiro atoms. The third-order valence-electron chi connectivity index (χ3n) is 6.19. The lowest BCUT2D eigenvalue weighted by Crippen LogP contribution is -2.62. The van der Waals surface area contributed by atoms with Crippen molar-refractivity contribution in [3.63, 3.8) is 0 Å². The molecule has 2 aliphatic rings. The molecular weight excluding hydrogens is 420 g/mol. The number of nitrogens with zero attached hydrogens (tertiary/aromatic N) is 2. The van der Waals surface area contributed by atoms with Crippen LogP contribution in [0.4, 0.5) is 0 Å². The summed E-state index contributed by atoms with van der Waals surface area (Å²) in [4.78, 5) is 53.7. The first kappa shape index (κ1) is 23.1. The van der Waals surface area contributed by atoms with Gasteiger partial charge in [-0.25, -0.2) is 0 Å². The van der Waals surface area contributed by atoms with Crippen LogP contribution < -0.4 is 10.6 Å². The van der Waals surface area contributed by atoms with Gasteiger partial charge in [0, 0.05) is 38.0 Å². The van der Waals surface area contributed by atoms with Gasteiger partial charge in [0.25, 0.3) is 0 Å². The first-order valence-corrected chi connectivity index (χ1v) is 10.9. The molecule has 2 fully saturated rings. The minimum Gasteiger partial charge on any atom is -0.345 e. The quantitative estimate of drug-likeness (QED) is 0.708. The standard InChI is InChI=1S/C22H29ClN4O4/c1-15-21(31)24-13-20(30)26(2)22(12-16-4-6-17(23)7-5-16)10-3-11-27(14-22)19(29)9-8-18(28)25-15/h4-7,15H,3,8-14H2,1-2H3,(H,24,31)(H,25,28). The number of likely N-dealkylation sites (N-methyl/N-ethyl adjacent to an activating group) is 1. The van der Waals surface area contributed by atoms with Gasteiger partial charge < -0.3 is 20.4 Å². The summed E-state index contributed by atoms with van der Waals surface area (Å²) in [5.41, 5.74) is 0.401. The monoisotopic (exact) mass is 448 g/mol. The SMILES string of the molecule is CC1NC(=O)CCC(=O)N2CCCC(Cc3ccc(Cl)cc3)(C2)N(C)C(=O)CNC1=O. The number of benzene rings is 1. The van der Waals surface area contributed by atoms with Crippen LogP contribution in [0.2, 0.25) is 5.02 Å². The molecule has 0 radical (unpaired) electrons. The highest BCUT2D eigenvalue weighted by atomic mass is 35.5. The zero-order chi connectivity index (χ0) is 22.6. The van der Waals surface area contributed by atoms with Crippen molar-refractivity contribution in [1.82, 2.24) is 20.4 Å². The minimum absolute atomic E-state index is 0.0197. The summed E-state index contributed by atoms with van der Waals surface area (Å²) in [7, 11) is 1.73. The van der Waals surface area contributed by atoms with Crippen molar-refractivity contribution < 1.29 is 19.2 Å². The molecule has 31 heavy (non-hydrogen) atoms. The normalized spacial score (nSPS) is 26.2. The van der Waals surface area contributed by atoms with E-state index in [1.54, 1.807) is 23.8 Å². The van der Waals surface area contributed by atoms with E-state index in [1.807, 2.05) is 24.3 Å². The van der Waals surface area contributed by atoms with Gasteiger partial charge >= 0.3 is 0 Å². The third kappa shape index (κ3) is 5.55. The zero-order valence-electron chi connectivity index (χ0n) is 17.9. The summed E-state index contributed by atoms with van der Waals surface area (Å²) in [6.45, 7) is 2.35. The van der Waals surface area contributed by atoms with Gasteiger partial charge in [-0.3, -0.25) is 19.2 Å². The van der Waals surface area contributed by atoms with Crippen molar-refractivity contribution >= 4 is 35.2 Å². The van der Waals surface area contributed by atoms with Crippen LogP contribution in [-0.4, -0.2) is 71.7 Å². The minimum atomic E-state index is -0.786. The Morgan fingerprint density at radius 3 is 2.52 bits per heavy atom. The Morgan fingerprint density at radius 1 is 1.10 bits per heavy atom. The smallest absolute Gasteiger partial charge is 0.242 e. The van der Waals surface area contributed by atoms with E-state index in [0.29, 0.717) is 24.5 Å². The van der Waals surface area contributed by atoms with Crippen LogP contribution in [0.1, 0.15) is 38.2 Å². The van der Waals surface area contributed by atoms with E-state index in [2.05, 4.69) is 10.6 Å². The number of nitrogens with one attached hydrogen (secondary N) is 2. The molecule has 168 valence electrons. The molecule has 2 heterocycles. The summed E-state index contributed by atoms with van der Waals surface area (Å²) in [5, 5.41) is 5.82. The van der Waals surface area contributed by atoms with Crippen molar-refractivity contribution in [3.05, 3.63) is 34.9 Å². The van der Waals surface area contributed by atoms with Crippen molar-refractivity contribution in [1.29, 1.82) is 0 Å². The van der Waals surface area contributed by atoms with E-state index in [9.17, 15) is 19.2 Å². The van der Waals surface area contributed by atoms with Gasteiger partial charge in [0.1, 0.15) is 6.04 Å². The van der Waals surface area contributed by atoms with E-state index in [1.165, 1.54) is 0 Å². The first-order chi connectivity index (χ1) is 14.7. The molecule has 8 nitrogen and oxygen atoms in total. The molecule has 0 saturated carbocycles. The van der Waals surface area contributed by atoms with Gasteiger partial charge in [-0.2, -0.15) is 0 Å². The Kier molecular flexibility index (Phi) is 7.20. The maximum atomic E-state index is 13.0. The fraction of sp³-hybridized carbons (Fsp3) is 0.545. The molecule has 4 amide bonds. The van der Waals surface area contributed by atoms with Gasteiger partial charge in [0.2, 0.25) is 23.6 Å². The number of fused-ring (bicyclic) bond motifs is 2. The fourth-order valence-electron chi connectivity index (χ4n) is 4.30. The summed E-state index contributed by atoms with van der Waals surface area (Å²) in [6, 6.07) is 6.69. The van der Waals surface area contributed by atoms with Gasteiger partial charge in [-0.1, -0.05) is 23.7 Å². The Morgan fingerprint density at radius 2 is 1.81 bits per heavy atom. The molecule has 0 aromatic heterocycles. The topological polar surface area (TPSA) is 98.8 Å². The number of carbonyl (C=O) groups is 4. The van der Waals surface area contributed by atoms with Gasteiger partial charge in [-0.05, 0) is 43.9 Å². The molecule has 0 aliphatic carbocycles. The number of rotatable bonds is 2. The van der Waals surface area contributed by atoms with E-state index < -0.39 is 17.5 Å². The molecule has 3 rings (SSSR count). The van der Waals surface area contributed by atoms with Crippen molar-refractivity contribution in [2.75, 3.05) is 26.7 Å². The summed E-state index contributed by atoms with van der Waals surface area (Å²) in [6.07, 6.45) is 2.11. The number of amides is 4. The highest BCUT2D eigenvalue weighted by molar-refractivity contribution is 6.30. The second kappa shape index (κ2) is 9.68. The summed E-state index contributed by atoms with van der Waals surface area (Å²) in [5.74, 6) is -1.16. The molecule has 2 atom stereocenters. The fourth-order valence-corrected chi connectivity index (χ4v) is 4.43. The van der Waals surface area contributed by atoms with Gasteiger partial charge in [0.05, 0.1) is 12.1 Å². The zero-order valence-corrected chi connectivity index (χ0v) is 18.7. The molecule has 1 aromatic carbocycles. The molecule has 2 aliphatic heterocycles. The molecular formula is C22H29ClN4O4. The Labute approximate surface area is 187 Å². The van der Waals surface area contributed by atoms with Crippen LogP contribution in [0.25, 0.3) is 0 Å². The third-order valence-corrected chi connectivity index (χ3v) is 6.44. The molecule has 2 bridgehead atoms. The number of hydrogen-bond acceptors (Lipinski definition) is 4. The Hall–Kier alpha value is -2.61. The predicted octanol–water partition coefficient (Wildman–Crippen LogP) is 1.12. The maximum Gasteiger partial charge on any atom is 0.242 e. The number of piperidine rings is 1. The van der Waals surface area contributed by atoms with E-state index >= 15 is 0 Å². The molecule has 2 unspecified atom stereocenters. The lowest BCUT2D eigenvalue weighted by atomic mass is 9.81. The number of carbonyl (C=O) groups excluding carboxylic acids is 4. The van der Waals surface area contributed by atoms with Gasteiger partial charge in [-0.15, -0.1) is 0 Å². The van der Waals surface area contributed by atoms with Crippen molar-refractivity contribution in [2.24, 2.45) is 0 Å². The largest absolute Gasteiger partial charge is 0.345 e. The van der Waals surface area contributed by atoms with E-state index in [0.717, 1.165) is 18.4 Å². The molecule has 2 saturated heterocycles. The van der Waals surface area contributed by atoms with E-state index in [4.69, 9.17) is 11.6 Å². The lowest BCUT2D eigenvalue weighted by molar-refractivity contribution is -0.145. The summed E-state index contributed by atoms with van der Waals surface area (Å²) < 4.78 is 0. The average molecular weight is 449 g/mol. The lowest BCUT2D eigenvalue weighted by Gasteiger charge is -2.48. The molecule has 9 heteroatoms. The van der Waals surface area contributed by atoms with Crippen LogP contribution in [0.15, 0.2) is 24.3 Å². The summed E-state index contributed by atoms with van der Waals surface area (Å²) >= 11 is 6.03. The van der Waals surface area contributed by atoms with Crippen LogP contribution in [0.5, 0.6) is 0 Å². The van der Waals surface area contributed by atoms with Crippen LogP contribution in [0, 0.1) is 0 Å². The first-order valence-electron chi connectivity index (χ1n) is 10.6.